The van der Waals surface area contributed by atoms with Gasteiger partial charge in [0.25, 0.3) is 0 Å². The molecule has 1 N–H and O–H groups in total. The normalized spacial score (nSPS) is 10.1. The summed E-state index contributed by atoms with van der Waals surface area (Å²) in [5.41, 5.74) is 2.11. The maximum atomic E-state index is 5.81. The molecular weight excluding hydrogens is 214 g/mol. The molecule has 14 heavy (non-hydrogen) atoms. The van der Waals surface area contributed by atoms with E-state index < -0.39 is 0 Å². The fourth-order valence-corrected chi connectivity index (χ4v) is 1.64. The first kappa shape index (κ1) is 9.44. The topological polar surface area (TPSA) is 15.8 Å². The summed E-state index contributed by atoms with van der Waals surface area (Å²) in [6.45, 7) is 0. The highest BCUT2D eigenvalue weighted by Crippen LogP contribution is 2.21. The molecule has 3 heteroatoms. The van der Waals surface area contributed by atoms with E-state index in [0.717, 1.165) is 20.7 Å². The summed E-state index contributed by atoms with van der Waals surface area (Å²) in [6, 6.07) is 9.51. The third-order valence-electron chi connectivity index (χ3n) is 1.98. The van der Waals surface area contributed by atoms with Gasteiger partial charge in [0.05, 0.1) is 0 Å². The van der Waals surface area contributed by atoms with Crippen molar-refractivity contribution in [3.05, 3.63) is 52.3 Å². The van der Waals surface area contributed by atoms with Gasteiger partial charge in [0.1, 0.15) is 0 Å². The second-order valence-corrected chi connectivity index (χ2v) is 3.81. The number of aromatic nitrogens is 1. The van der Waals surface area contributed by atoms with Crippen LogP contribution in [0.15, 0.2) is 42.7 Å². The lowest BCUT2D eigenvalue weighted by atomic mass is 10.1. The summed E-state index contributed by atoms with van der Waals surface area (Å²) < 4.78 is 0.839. The number of nitrogens with one attached hydrogen (secondary N) is 1. The Labute approximate surface area is 92.4 Å². The third kappa shape index (κ3) is 1.86. The minimum absolute atomic E-state index is 0.736. The molecule has 1 nitrogen and oxygen atoms in total. The van der Waals surface area contributed by atoms with Crippen LogP contribution in [-0.2, 0) is 0 Å². The number of hydrogen-bond acceptors (Lipinski definition) is 1. The lowest BCUT2D eigenvalue weighted by Crippen LogP contribution is -1.80. The molecule has 2 rings (SSSR count). The number of halogens is 1. The van der Waals surface area contributed by atoms with Crippen molar-refractivity contribution in [1.82, 2.24) is 4.98 Å². The Balaban J connectivity index is 2.56. The standard InChI is InChI=1S/C11H8ClNS/c12-9-3-1-8(2-4-9)10-7-13-6-5-11(10)14/h1-7H,(H,13,14). The molecule has 1 heterocycles. The lowest BCUT2D eigenvalue weighted by molar-refractivity contribution is 1.32. The first-order chi connectivity index (χ1) is 6.77. The van der Waals surface area contributed by atoms with E-state index in [1.54, 1.807) is 0 Å². The molecule has 0 saturated carbocycles. The van der Waals surface area contributed by atoms with Crippen LogP contribution in [0.1, 0.15) is 0 Å². The van der Waals surface area contributed by atoms with Crippen LogP contribution in [0.25, 0.3) is 11.1 Å². The Morgan fingerprint density at radius 2 is 1.79 bits per heavy atom. The molecule has 0 atom stereocenters. The quantitative estimate of drug-likeness (QED) is 0.718. The number of aromatic amines is 1. The monoisotopic (exact) mass is 221 g/mol. The Kier molecular flexibility index (Phi) is 2.66. The number of hydrogen-bond donors (Lipinski definition) is 1. The fourth-order valence-electron chi connectivity index (χ4n) is 1.27. The zero-order valence-electron chi connectivity index (χ0n) is 7.33. The lowest BCUT2D eigenvalue weighted by Gasteiger charge is -2.00. The van der Waals surface area contributed by atoms with Crippen LogP contribution in [0.4, 0.5) is 0 Å². The van der Waals surface area contributed by atoms with Crippen LogP contribution in [0.5, 0.6) is 0 Å². The average molecular weight is 222 g/mol. The third-order valence-corrected chi connectivity index (χ3v) is 2.59. The van der Waals surface area contributed by atoms with E-state index >= 15 is 0 Å². The minimum Gasteiger partial charge on any atom is -0.367 e. The zero-order valence-corrected chi connectivity index (χ0v) is 8.90. The Hall–Kier alpha value is -1.12. The molecule has 0 amide bonds. The highest BCUT2D eigenvalue weighted by atomic mass is 35.5. The van der Waals surface area contributed by atoms with Gasteiger partial charge >= 0.3 is 0 Å². The molecule has 0 saturated heterocycles. The molecule has 0 radical (unpaired) electrons. The molecular formula is C11H8ClNS. The van der Waals surface area contributed by atoms with Gasteiger partial charge in [0.2, 0.25) is 0 Å². The average Bonchev–Trinajstić information content (AvgIpc) is 2.20. The molecule has 0 spiro atoms. The number of pyridine rings is 1. The molecule has 70 valence electrons. The van der Waals surface area contributed by atoms with Crippen molar-refractivity contribution in [3.63, 3.8) is 0 Å². The van der Waals surface area contributed by atoms with Crippen LogP contribution in [0.2, 0.25) is 5.02 Å². The maximum Gasteiger partial charge on any atom is 0.0484 e. The van der Waals surface area contributed by atoms with Gasteiger partial charge in [-0.15, -0.1) is 0 Å². The van der Waals surface area contributed by atoms with Crippen molar-refractivity contribution in [1.29, 1.82) is 0 Å². The first-order valence-corrected chi connectivity index (χ1v) is 4.99. The molecule has 0 unspecified atom stereocenters. The number of rotatable bonds is 1. The fraction of sp³-hybridized carbons (Fsp3) is 0. The Bertz CT molecular complexity index is 487. The Morgan fingerprint density at radius 1 is 1.07 bits per heavy atom. The smallest absolute Gasteiger partial charge is 0.0484 e. The summed E-state index contributed by atoms with van der Waals surface area (Å²) in [5.74, 6) is 0. The molecule has 1 aromatic carbocycles. The van der Waals surface area contributed by atoms with E-state index in [2.05, 4.69) is 4.98 Å². The van der Waals surface area contributed by atoms with Gasteiger partial charge in [-0.05, 0) is 23.8 Å². The van der Waals surface area contributed by atoms with Crippen molar-refractivity contribution in [2.75, 3.05) is 0 Å². The summed E-state index contributed by atoms with van der Waals surface area (Å²) in [7, 11) is 0. The van der Waals surface area contributed by atoms with Crippen molar-refractivity contribution < 1.29 is 0 Å². The summed E-state index contributed by atoms with van der Waals surface area (Å²) in [4.78, 5) is 3.02. The summed E-state index contributed by atoms with van der Waals surface area (Å²) in [6.07, 6.45) is 3.72. The molecule has 0 aliphatic rings. The molecule has 1 aromatic heterocycles. The summed E-state index contributed by atoms with van der Waals surface area (Å²) in [5, 5.41) is 0.736. The van der Waals surface area contributed by atoms with E-state index in [9.17, 15) is 0 Å². The van der Waals surface area contributed by atoms with E-state index in [1.165, 1.54) is 0 Å². The molecule has 2 aromatic rings. The van der Waals surface area contributed by atoms with Crippen LogP contribution in [0, 0.1) is 4.51 Å². The second kappa shape index (κ2) is 3.95. The van der Waals surface area contributed by atoms with Crippen molar-refractivity contribution in [2.24, 2.45) is 0 Å². The molecule has 0 aliphatic heterocycles. The van der Waals surface area contributed by atoms with Gasteiger partial charge in [-0.3, -0.25) is 0 Å². The van der Waals surface area contributed by atoms with E-state index in [4.69, 9.17) is 23.8 Å². The largest absolute Gasteiger partial charge is 0.367 e. The van der Waals surface area contributed by atoms with Crippen molar-refractivity contribution >= 4 is 23.8 Å². The van der Waals surface area contributed by atoms with Gasteiger partial charge in [0.15, 0.2) is 0 Å². The number of benzene rings is 1. The zero-order chi connectivity index (χ0) is 9.97. The maximum absolute atomic E-state index is 5.81. The second-order valence-electron chi connectivity index (χ2n) is 2.93. The van der Waals surface area contributed by atoms with Gasteiger partial charge in [-0.25, -0.2) is 0 Å². The van der Waals surface area contributed by atoms with Crippen LogP contribution in [-0.4, -0.2) is 4.98 Å². The van der Waals surface area contributed by atoms with Crippen LogP contribution in [0.3, 0.4) is 0 Å². The molecule has 0 fully saturated rings. The van der Waals surface area contributed by atoms with Crippen molar-refractivity contribution in [2.45, 2.75) is 0 Å². The summed E-state index contributed by atoms with van der Waals surface area (Å²) >= 11 is 11.0. The number of H-pyrrole nitrogens is 1. The highest BCUT2D eigenvalue weighted by Gasteiger charge is 1.98. The van der Waals surface area contributed by atoms with Gasteiger partial charge in [0, 0.05) is 27.5 Å². The van der Waals surface area contributed by atoms with E-state index in [-0.39, 0.29) is 0 Å². The predicted molar refractivity (Wildman–Crippen MR) is 62.1 cm³/mol. The van der Waals surface area contributed by atoms with Gasteiger partial charge in [-0.2, -0.15) is 0 Å². The molecule has 0 bridgehead atoms. The first-order valence-electron chi connectivity index (χ1n) is 4.20. The Morgan fingerprint density at radius 3 is 2.43 bits per heavy atom. The molecule has 0 aliphatic carbocycles. The SMILES string of the molecule is S=c1cc[nH]cc1-c1ccc(Cl)cc1. The van der Waals surface area contributed by atoms with Gasteiger partial charge in [-0.1, -0.05) is 36.0 Å². The van der Waals surface area contributed by atoms with Crippen LogP contribution < -0.4 is 0 Å². The van der Waals surface area contributed by atoms with E-state index in [1.807, 2.05) is 42.7 Å². The highest BCUT2D eigenvalue weighted by molar-refractivity contribution is 7.71. The van der Waals surface area contributed by atoms with Crippen LogP contribution >= 0.6 is 23.8 Å². The minimum atomic E-state index is 0.736. The van der Waals surface area contributed by atoms with Crippen molar-refractivity contribution in [3.8, 4) is 11.1 Å². The van der Waals surface area contributed by atoms with E-state index in [0.29, 0.717) is 0 Å². The predicted octanol–water partition coefficient (Wildman–Crippen LogP) is 4.06. The van der Waals surface area contributed by atoms with Gasteiger partial charge < -0.3 is 4.98 Å².